The highest BCUT2D eigenvalue weighted by Crippen LogP contribution is 2.27. The van der Waals surface area contributed by atoms with Gasteiger partial charge in [0.15, 0.2) is 11.6 Å². The third-order valence-corrected chi connectivity index (χ3v) is 5.83. The number of carbonyl (C=O) groups is 1. The van der Waals surface area contributed by atoms with Crippen LogP contribution in [0.15, 0.2) is 54.6 Å². The van der Waals surface area contributed by atoms with Gasteiger partial charge in [-0.05, 0) is 48.7 Å². The van der Waals surface area contributed by atoms with Crippen molar-refractivity contribution in [1.82, 2.24) is 15.1 Å². The fourth-order valence-electron chi connectivity index (χ4n) is 3.88. The summed E-state index contributed by atoms with van der Waals surface area (Å²) < 4.78 is 19.1. The van der Waals surface area contributed by atoms with Crippen LogP contribution in [0.1, 0.15) is 35.7 Å². The van der Waals surface area contributed by atoms with Crippen LogP contribution in [0, 0.1) is 5.82 Å². The van der Waals surface area contributed by atoms with E-state index in [-0.39, 0.29) is 23.4 Å². The predicted octanol–water partition coefficient (Wildman–Crippen LogP) is 4.77. The molecule has 2 heterocycles. The van der Waals surface area contributed by atoms with Gasteiger partial charge >= 0.3 is 0 Å². The molecule has 7 heteroatoms. The molecule has 0 saturated carbocycles. The second-order valence-corrected chi connectivity index (χ2v) is 8.24. The summed E-state index contributed by atoms with van der Waals surface area (Å²) >= 11 is 6.02. The maximum atomic E-state index is 13.6. The number of hydrogen-bond donors (Lipinski definition) is 1. The lowest BCUT2D eigenvalue weighted by Gasteiger charge is -2.16. The molecule has 162 valence electrons. The number of ether oxygens (including phenoxy) is 1. The molecule has 1 aliphatic heterocycles. The van der Waals surface area contributed by atoms with E-state index in [0.717, 1.165) is 29.9 Å². The molecule has 2 aromatic carbocycles. The maximum Gasteiger partial charge on any atom is 0.222 e. The molecule has 1 N–H and O–H groups in total. The van der Waals surface area contributed by atoms with Crippen molar-refractivity contribution in [3.05, 3.63) is 82.4 Å². The number of hydrogen-bond acceptors (Lipinski definition) is 3. The number of aromatic nitrogens is 2. The van der Waals surface area contributed by atoms with E-state index >= 15 is 0 Å². The Morgan fingerprint density at radius 2 is 2.06 bits per heavy atom. The third kappa shape index (κ3) is 5.64. The van der Waals surface area contributed by atoms with Gasteiger partial charge in [-0.2, -0.15) is 5.10 Å². The molecule has 1 aliphatic rings. The number of nitrogens with one attached hydrogen (secondary N) is 1. The molecule has 0 radical (unpaired) electrons. The van der Waals surface area contributed by atoms with Crippen LogP contribution in [0.5, 0.6) is 5.75 Å². The monoisotopic (exact) mass is 441 g/mol. The molecule has 0 bridgehead atoms. The smallest absolute Gasteiger partial charge is 0.222 e. The molecule has 1 fully saturated rings. The van der Waals surface area contributed by atoms with E-state index in [9.17, 15) is 9.18 Å². The van der Waals surface area contributed by atoms with E-state index < -0.39 is 0 Å². The van der Waals surface area contributed by atoms with Crippen LogP contribution >= 0.6 is 11.6 Å². The maximum absolute atomic E-state index is 13.6. The first kappa shape index (κ1) is 21.4. The van der Waals surface area contributed by atoms with Crippen LogP contribution in [0.3, 0.4) is 0 Å². The molecule has 31 heavy (non-hydrogen) atoms. The largest absolute Gasteiger partial charge is 0.490 e. The number of nitrogens with zero attached hydrogens (tertiary/aromatic N) is 2. The minimum Gasteiger partial charge on any atom is -0.490 e. The number of aromatic amines is 1. The van der Waals surface area contributed by atoms with E-state index in [1.165, 1.54) is 6.07 Å². The number of carbonyl (C=O) groups excluding carboxylic acids is 1. The van der Waals surface area contributed by atoms with Crippen molar-refractivity contribution < 1.29 is 13.9 Å². The van der Waals surface area contributed by atoms with E-state index in [2.05, 4.69) is 10.2 Å². The molecule has 1 unspecified atom stereocenters. The molecular formula is C24H25ClFN3O2. The minimum atomic E-state index is -0.362. The van der Waals surface area contributed by atoms with Gasteiger partial charge in [-0.15, -0.1) is 0 Å². The van der Waals surface area contributed by atoms with Gasteiger partial charge < -0.3 is 9.64 Å². The molecule has 4 rings (SSSR count). The van der Waals surface area contributed by atoms with Crippen molar-refractivity contribution in [2.45, 2.75) is 31.6 Å². The Labute approximate surface area is 186 Å². The van der Waals surface area contributed by atoms with Crippen molar-refractivity contribution in [3.8, 4) is 5.75 Å². The van der Waals surface area contributed by atoms with E-state index in [0.29, 0.717) is 37.4 Å². The summed E-state index contributed by atoms with van der Waals surface area (Å²) in [7, 11) is 0. The first-order valence-corrected chi connectivity index (χ1v) is 10.9. The van der Waals surface area contributed by atoms with Gasteiger partial charge in [0, 0.05) is 42.6 Å². The first-order chi connectivity index (χ1) is 15.1. The quantitative estimate of drug-likeness (QED) is 0.547. The summed E-state index contributed by atoms with van der Waals surface area (Å²) in [5.74, 6) is 0.285. The molecule has 1 aromatic heterocycles. The molecule has 0 spiro atoms. The number of H-pyrrole nitrogens is 1. The summed E-state index contributed by atoms with van der Waals surface area (Å²) in [5, 5.41) is 8.17. The Balaban J connectivity index is 1.24. The average Bonchev–Trinajstić information content (AvgIpc) is 3.43. The molecule has 3 aromatic rings. The summed E-state index contributed by atoms with van der Waals surface area (Å²) in [6, 6.07) is 16.0. The Morgan fingerprint density at radius 3 is 2.90 bits per heavy atom. The summed E-state index contributed by atoms with van der Waals surface area (Å²) in [5.41, 5.74) is 2.98. The number of halogens is 2. The molecule has 5 nitrogen and oxygen atoms in total. The van der Waals surface area contributed by atoms with Crippen molar-refractivity contribution in [1.29, 1.82) is 0 Å². The van der Waals surface area contributed by atoms with Crippen LogP contribution in [0.2, 0.25) is 5.02 Å². The Kier molecular flexibility index (Phi) is 6.87. The molecule has 1 atom stereocenters. The molecular weight excluding hydrogens is 417 g/mol. The van der Waals surface area contributed by atoms with Crippen LogP contribution in [-0.4, -0.2) is 40.7 Å². The lowest BCUT2D eigenvalue weighted by Crippen LogP contribution is -2.28. The zero-order valence-corrected chi connectivity index (χ0v) is 17.9. The predicted molar refractivity (Wildman–Crippen MR) is 118 cm³/mol. The fraction of sp³-hybridized carbons (Fsp3) is 0.333. The van der Waals surface area contributed by atoms with Gasteiger partial charge in [0.2, 0.25) is 5.91 Å². The minimum absolute atomic E-state index is 0.163. The zero-order valence-electron chi connectivity index (χ0n) is 17.2. The number of rotatable bonds is 8. The topological polar surface area (TPSA) is 58.2 Å². The highest BCUT2D eigenvalue weighted by atomic mass is 35.5. The van der Waals surface area contributed by atoms with E-state index in [4.69, 9.17) is 16.3 Å². The highest BCUT2D eigenvalue weighted by Gasteiger charge is 2.28. The normalized spacial score (nSPS) is 15.9. The van der Waals surface area contributed by atoms with Crippen LogP contribution in [0.4, 0.5) is 4.39 Å². The average molecular weight is 442 g/mol. The number of para-hydroxylation sites is 1. The first-order valence-electron chi connectivity index (χ1n) is 10.5. The number of aryl methyl sites for hydroxylation is 1. The summed E-state index contributed by atoms with van der Waals surface area (Å²) in [6.07, 6.45) is 2.68. The summed E-state index contributed by atoms with van der Waals surface area (Å²) in [4.78, 5) is 14.5. The Bertz CT molecular complexity index is 1040. The van der Waals surface area contributed by atoms with Crippen LogP contribution in [-0.2, 0) is 17.6 Å². The molecule has 0 aliphatic carbocycles. The molecule has 1 amide bonds. The van der Waals surface area contributed by atoms with Crippen molar-refractivity contribution in [2.24, 2.45) is 0 Å². The van der Waals surface area contributed by atoms with E-state index in [1.54, 1.807) is 18.2 Å². The Hall–Kier alpha value is -2.86. The second kappa shape index (κ2) is 9.96. The van der Waals surface area contributed by atoms with Gasteiger partial charge in [-0.1, -0.05) is 35.9 Å². The SMILES string of the molecule is O=C(CCc1cccc(Cl)c1)N1CCC(c2cc(CCOc3ccccc3F)[nH]n2)C1. The van der Waals surface area contributed by atoms with Gasteiger partial charge in [0.05, 0.1) is 12.3 Å². The van der Waals surface area contributed by atoms with E-state index in [1.807, 2.05) is 35.2 Å². The third-order valence-electron chi connectivity index (χ3n) is 5.59. The van der Waals surface area contributed by atoms with Crippen molar-refractivity contribution in [2.75, 3.05) is 19.7 Å². The zero-order chi connectivity index (χ0) is 21.6. The van der Waals surface area contributed by atoms with Gasteiger partial charge in [0.25, 0.3) is 0 Å². The fourth-order valence-corrected chi connectivity index (χ4v) is 4.09. The van der Waals surface area contributed by atoms with Gasteiger partial charge in [-0.3, -0.25) is 9.89 Å². The van der Waals surface area contributed by atoms with Crippen LogP contribution in [0.25, 0.3) is 0 Å². The summed E-state index contributed by atoms with van der Waals surface area (Å²) in [6.45, 7) is 1.80. The standard InChI is InChI=1S/C24H25ClFN3O2/c25-19-5-3-4-17(14-19)8-9-24(30)29-12-10-18(16-29)22-15-20(27-28-22)11-13-31-23-7-2-1-6-21(23)26/h1-7,14-15,18H,8-13,16H2,(H,27,28). The second-order valence-electron chi connectivity index (χ2n) is 7.80. The van der Waals surface area contributed by atoms with Gasteiger partial charge in [0.1, 0.15) is 0 Å². The lowest BCUT2D eigenvalue weighted by atomic mass is 10.0. The lowest BCUT2D eigenvalue weighted by molar-refractivity contribution is -0.130. The Morgan fingerprint density at radius 1 is 1.19 bits per heavy atom. The highest BCUT2D eigenvalue weighted by molar-refractivity contribution is 6.30. The van der Waals surface area contributed by atoms with Crippen LogP contribution < -0.4 is 4.74 Å². The van der Waals surface area contributed by atoms with Gasteiger partial charge in [-0.25, -0.2) is 4.39 Å². The number of benzene rings is 2. The number of amides is 1. The van der Waals surface area contributed by atoms with Crippen molar-refractivity contribution >= 4 is 17.5 Å². The van der Waals surface area contributed by atoms with Crippen molar-refractivity contribution in [3.63, 3.8) is 0 Å². The molecule has 1 saturated heterocycles. The number of likely N-dealkylation sites (tertiary alicyclic amines) is 1.